The van der Waals surface area contributed by atoms with Crippen molar-refractivity contribution in [1.82, 2.24) is 9.61 Å². The molecule has 0 radical (unpaired) electrons. The lowest BCUT2D eigenvalue weighted by Crippen LogP contribution is -1.87. The zero-order chi connectivity index (χ0) is 9.42. The van der Waals surface area contributed by atoms with E-state index in [1.54, 1.807) is 4.52 Å². The van der Waals surface area contributed by atoms with Gasteiger partial charge in [0, 0.05) is 11.8 Å². The third-order valence-corrected chi connectivity index (χ3v) is 1.97. The highest BCUT2D eigenvalue weighted by molar-refractivity contribution is 5.54. The number of nitrogens with zero attached hydrogens (tertiary/aromatic N) is 2. The van der Waals surface area contributed by atoms with Gasteiger partial charge in [0.05, 0.1) is 13.1 Å². The first-order valence-corrected chi connectivity index (χ1v) is 4.14. The largest absolute Gasteiger partial charge is 0.241 e. The van der Waals surface area contributed by atoms with Crippen molar-refractivity contribution in [3.63, 3.8) is 0 Å². The quantitative estimate of drug-likeness (QED) is 0.629. The first-order valence-electron chi connectivity index (χ1n) is 4.64. The lowest BCUT2D eigenvalue weighted by Gasteiger charge is -2.00. The Labute approximate surface area is 73.2 Å². The lowest BCUT2D eigenvalue weighted by molar-refractivity contribution is 0.875. The van der Waals surface area contributed by atoms with Gasteiger partial charge < -0.3 is 0 Å². The van der Waals surface area contributed by atoms with Crippen LogP contribution in [0.25, 0.3) is 5.52 Å². The molecule has 2 heterocycles. The van der Waals surface area contributed by atoms with Crippen LogP contribution in [-0.4, -0.2) is 9.61 Å². The first kappa shape index (κ1) is 6.23. The van der Waals surface area contributed by atoms with Crippen LogP contribution >= 0.6 is 0 Å². The van der Waals surface area contributed by atoms with E-state index in [-0.39, 0.29) is 0 Å². The minimum absolute atomic E-state index is 0.354. The fourth-order valence-electron chi connectivity index (χ4n) is 1.32. The average Bonchev–Trinajstić information content (AvgIpc) is 2.39. The summed E-state index contributed by atoms with van der Waals surface area (Å²) in [6, 6.07) is 5.90. The van der Waals surface area contributed by atoms with E-state index in [1.165, 1.54) is 0 Å². The molecule has 0 N–H and O–H groups in total. The van der Waals surface area contributed by atoms with Gasteiger partial charge in [-0.3, -0.25) is 0 Å². The van der Waals surface area contributed by atoms with Gasteiger partial charge in [-0.05, 0) is 18.1 Å². The van der Waals surface area contributed by atoms with Crippen LogP contribution in [0, 0.1) is 0 Å². The second-order valence-electron chi connectivity index (χ2n) is 3.21. The molecule has 0 atom stereocenters. The van der Waals surface area contributed by atoms with Crippen LogP contribution in [0.15, 0.2) is 30.6 Å². The number of hydrogen-bond acceptors (Lipinski definition) is 1. The van der Waals surface area contributed by atoms with Gasteiger partial charge in [0.25, 0.3) is 0 Å². The highest BCUT2D eigenvalue weighted by Gasteiger charge is 2.05. The summed E-state index contributed by atoms with van der Waals surface area (Å²) >= 11 is 0. The van der Waals surface area contributed by atoms with Crippen LogP contribution in [-0.2, 0) is 0 Å². The molecule has 0 saturated heterocycles. The number of aromatic nitrogens is 2. The van der Waals surface area contributed by atoms with E-state index in [2.05, 4.69) is 18.9 Å². The summed E-state index contributed by atoms with van der Waals surface area (Å²) in [5, 5.41) is 4.12. The van der Waals surface area contributed by atoms with Crippen molar-refractivity contribution in [2.75, 3.05) is 0 Å². The van der Waals surface area contributed by atoms with Crippen molar-refractivity contribution in [3.05, 3.63) is 36.1 Å². The minimum atomic E-state index is 0.354. The smallest absolute Gasteiger partial charge is 0.0863 e. The average molecular weight is 162 g/mol. The molecular formula is C10H12N2. The minimum Gasteiger partial charge on any atom is -0.241 e. The van der Waals surface area contributed by atoms with Crippen molar-refractivity contribution in [3.8, 4) is 0 Å². The molecule has 2 rings (SSSR count). The highest BCUT2D eigenvalue weighted by Crippen LogP contribution is 2.19. The SMILES string of the molecule is [3H]c1nn2ccccc2c1C(C)C. The van der Waals surface area contributed by atoms with Crippen molar-refractivity contribution in [2.45, 2.75) is 19.8 Å². The molecule has 0 amide bonds. The van der Waals surface area contributed by atoms with E-state index < -0.39 is 0 Å². The zero-order valence-corrected chi connectivity index (χ0v) is 7.28. The Kier molecular flexibility index (Phi) is 1.36. The topological polar surface area (TPSA) is 17.3 Å². The summed E-state index contributed by atoms with van der Waals surface area (Å²) in [6.07, 6.45) is 2.26. The molecule has 0 unspecified atom stereocenters. The number of fused-ring (bicyclic) bond motifs is 1. The molecule has 12 heavy (non-hydrogen) atoms. The maximum absolute atomic E-state index is 7.70. The van der Waals surface area contributed by atoms with Gasteiger partial charge in [-0.15, -0.1) is 0 Å². The first-order chi connectivity index (χ1) is 6.20. The predicted molar refractivity (Wildman–Crippen MR) is 49.3 cm³/mol. The van der Waals surface area contributed by atoms with Gasteiger partial charge >= 0.3 is 0 Å². The molecule has 0 aliphatic rings. The normalized spacial score (nSPS) is 12.4. The van der Waals surface area contributed by atoms with Crippen molar-refractivity contribution < 1.29 is 1.37 Å². The molecule has 0 bridgehead atoms. The standard InChI is InChI=1S/C10H12N2/c1-8(2)9-7-11-12-6-4-3-5-10(9)12/h3-8H,1-2H3/i7T. The van der Waals surface area contributed by atoms with Gasteiger partial charge in [-0.25, -0.2) is 4.52 Å². The highest BCUT2D eigenvalue weighted by atomic mass is 15.2. The van der Waals surface area contributed by atoms with Crippen LogP contribution in [0.5, 0.6) is 0 Å². The molecule has 2 aromatic heterocycles. The molecule has 0 saturated carbocycles. The molecule has 0 aliphatic carbocycles. The molecular weight excluding hydrogens is 148 g/mol. The van der Waals surface area contributed by atoms with E-state index >= 15 is 0 Å². The molecule has 0 aliphatic heterocycles. The Balaban J connectivity index is 2.78. The molecule has 2 heteroatoms. The van der Waals surface area contributed by atoms with Gasteiger partial charge in [0.2, 0.25) is 0 Å². The van der Waals surface area contributed by atoms with E-state index in [0.717, 1.165) is 11.1 Å². The summed E-state index contributed by atoms with van der Waals surface area (Å²) in [6.45, 7) is 4.17. The molecule has 0 aromatic carbocycles. The Morgan fingerprint density at radius 2 is 2.33 bits per heavy atom. The van der Waals surface area contributed by atoms with Crippen LogP contribution in [0.1, 0.15) is 26.7 Å². The van der Waals surface area contributed by atoms with Crippen LogP contribution in [0.3, 0.4) is 0 Å². The van der Waals surface area contributed by atoms with Crippen molar-refractivity contribution in [2.24, 2.45) is 0 Å². The molecule has 0 spiro atoms. The van der Waals surface area contributed by atoms with E-state index in [4.69, 9.17) is 1.37 Å². The second kappa shape index (κ2) is 2.63. The summed E-state index contributed by atoms with van der Waals surface area (Å²) in [4.78, 5) is 0. The van der Waals surface area contributed by atoms with Gasteiger partial charge in [-0.1, -0.05) is 19.9 Å². The van der Waals surface area contributed by atoms with Crippen LogP contribution in [0.4, 0.5) is 0 Å². The second-order valence-corrected chi connectivity index (χ2v) is 3.21. The predicted octanol–water partition coefficient (Wildman–Crippen LogP) is 2.46. The summed E-state index contributed by atoms with van der Waals surface area (Å²) < 4.78 is 9.46. The Morgan fingerprint density at radius 3 is 3.08 bits per heavy atom. The van der Waals surface area contributed by atoms with E-state index in [9.17, 15) is 0 Å². The third kappa shape index (κ3) is 0.998. The maximum atomic E-state index is 7.70. The van der Waals surface area contributed by atoms with Gasteiger partial charge in [0.1, 0.15) is 0 Å². The van der Waals surface area contributed by atoms with Crippen LogP contribution < -0.4 is 0 Å². The van der Waals surface area contributed by atoms with Gasteiger partial charge in [-0.2, -0.15) is 5.10 Å². The van der Waals surface area contributed by atoms with Gasteiger partial charge in [0.15, 0.2) is 0 Å². The Hall–Kier alpha value is -1.31. The van der Waals surface area contributed by atoms with Crippen molar-refractivity contribution >= 4 is 5.52 Å². The molecule has 2 nitrogen and oxygen atoms in total. The van der Waals surface area contributed by atoms with E-state index in [0.29, 0.717) is 12.1 Å². The van der Waals surface area contributed by atoms with E-state index in [1.807, 2.05) is 24.4 Å². The van der Waals surface area contributed by atoms with Crippen LogP contribution in [0.2, 0.25) is 0 Å². The van der Waals surface area contributed by atoms with Crippen molar-refractivity contribution in [1.29, 1.82) is 0 Å². The third-order valence-electron chi connectivity index (χ3n) is 1.97. The zero-order valence-electron chi connectivity index (χ0n) is 8.28. The Morgan fingerprint density at radius 1 is 1.50 bits per heavy atom. The fraction of sp³-hybridized carbons (Fsp3) is 0.300. The molecule has 0 fully saturated rings. The maximum Gasteiger partial charge on any atom is 0.0863 e. The summed E-state index contributed by atoms with van der Waals surface area (Å²) in [7, 11) is 0. The number of rotatable bonds is 1. The molecule has 2 aromatic rings. The number of hydrogen-bond donors (Lipinski definition) is 0. The monoisotopic (exact) mass is 162 g/mol. The lowest BCUT2D eigenvalue weighted by atomic mass is 10.1. The summed E-state index contributed by atoms with van der Waals surface area (Å²) in [5.74, 6) is 0.354. The number of pyridine rings is 1. The fourth-order valence-corrected chi connectivity index (χ4v) is 1.32. The summed E-state index contributed by atoms with van der Waals surface area (Å²) in [5.41, 5.74) is 2.07. The Bertz CT molecular complexity index is 431. The molecule has 62 valence electrons.